The molecule has 0 saturated carbocycles. The van der Waals surface area contributed by atoms with Crippen molar-refractivity contribution in [2.45, 2.75) is 13.5 Å². The summed E-state index contributed by atoms with van der Waals surface area (Å²) in [5, 5.41) is 7.07. The number of carbonyl (C=O) groups excluding carboxylic acids is 1. The smallest absolute Gasteiger partial charge is 0.259 e. The highest BCUT2D eigenvalue weighted by Gasteiger charge is 2.14. The van der Waals surface area contributed by atoms with Crippen LogP contribution in [0.25, 0.3) is 11.5 Å². The van der Waals surface area contributed by atoms with E-state index in [0.29, 0.717) is 29.4 Å². The number of amides is 1. The Bertz CT molecular complexity index is 1120. The molecule has 0 atom stereocenters. The average molecular weight is 388 g/mol. The Hall–Kier alpha value is -3.87. The highest BCUT2D eigenvalue weighted by atomic mass is 16.5. The van der Waals surface area contributed by atoms with Crippen LogP contribution in [0.5, 0.6) is 5.75 Å². The van der Waals surface area contributed by atoms with Gasteiger partial charge in [-0.2, -0.15) is 5.10 Å². The first kappa shape index (κ1) is 18.5. The largest absolute Gasteiger partial charge is 0.496 e. The number of ether oxygens (including phenoxy) is 1. The molecule has 0 spiro atoms. The minimum atomic E-state index is -0.233. The van der Waals surface area contributed by atoms with E-state index >= 15 is 0 Å². The maximum atomic E-state index is 12.5. The zero-order chi connectivity index (χ0) is 20.2. The van der Waals surface area contributed by atoms with Gasteiger partial charge in [-0.1, -0.05) is 12.1 Å². The standard InChI is InChI=1S/C22H20N4O3/c1-15-19(14-26-13-5-12-23-26)25-22(29-15)16-8-10-17(11-9-16)24-21(27)18-6-3-4-7-20(18)28-2/h3-13H,14H2,1-2H3,(H,24,27). The molecule has 2 aromatic carbocycles. The van der Waals surface area contributed by atoms with Crippen LogP contribution in [0.4, 0.5) is 5.69 Å². The number of nitrogens with zero attached hydrogens (tertiary/aromatic N) is 3. The van der Waals surface area contributed by atoms with Crippen molar-refractivity contribution in [1.29, 1.82) is 0 Å². The van der Waals surface area contributed by atoms with E-state index in [-0.39, 0.29) is 5.91 Å². The molecule has 2 aromatic heterocycles. The fourth-order valence-corrected chi connectivity index (χ4v) is 2.97. The lowest BCUT2D eigenvalue weighted by Crippen LogP contribution is -2.12. The van der Waals surface area contributed by atoms with E-state index in [2.05, 4.69) is 15.4 Å². The van der Waals surface area contributed by atoms with Gasteiger partial charge in [-0.05, 0) is 49.4 Å². The molecule has 0 unspecified atom stereocenters. The summed E-state index contributed by atoms with van der Waals surface area (Å²) in [5.41, 5.74) is 2.81. The molecule has 0 aliphatic heterocycles. The van der Waals surface area contributed by atoms with Gasteiger partial charge in [-0.3, -0.25) is 9.48 Å². The third kappa shape index (κ3) is 4.03. The Morgan fingerprint density at radius 1 is 1.14 bits per heavy atom. The summed E-state index contributed by atoms with van der Waals surface area (Å²) in [7, 11) is 1.54. The molecule has 0 radical (unpaired) electrons. The second kappa shape index (κ2) is 8.02. The molecule has 1 N–H and O–H groups in total. The quantitative estimate of drug-likeness (QED) is 0.536. The first-order valence-corrected chi connectivity index (χ1v) is 9.12. The lowest BCUT2D eigenvalue weighted by Gasteiger charge is -2.09. The Balaban J connectivity index is 1.49. The third-order valence-electron chi connectivity index (χ3n) is 4.50. The van der Waals surface area contributed by atoms with E-state index < -0.39 is 0 Å². The molecule has 0 saturated heterocycles. The minimum Gasteiger partial charge on any atom is -0.496 e. The van der Waals surface area contributed by atoms with Crippen LogP contribution in [-0.4, -0.2) is 27.8 Å². The van der Waals surface area contributed by atoms with E-state index in [1.165, 1.54) is 0 Å². The maximum absolute atomic E-state index is 12.5. The predicted molar refractivity (Wildman–Crippen MR) is 109 cm³/mol. The summed E-state index contributed by atoms with van der Waals surface area (Å²) in [6.07, 6.45) is 3.61. The van der Waals surface area contributed by atoms with E-state index in [4.69, 9.17) is 9.15 Å². The molecule has 146 valence electrons. The van der Waals surface area contributed by atoms with E-state index in [9.17, 15) is 4.79 Å². The first-order chi connectivity index (χ1) is 14.1. The van der Waals surface area contributed by atoms with E-state index in [1.54, 1.807) is 36.2 Å². The normalized spacial score (nSPS) is 10.7. The number of hydrogen-bond donors (Lipinski definition) is 1. The topological polar surface area (TPSA) is 82.2 Å². The van der Waals surface area contributed by atoms with Crippen LogP contribution in [0, 0.1) is 6.92 Å². The van der Waals surface area contributed by atoms with Crippen LogP contribution < -0.4 is 10.1 Å². The van der Waals surface area contributed by atoms with Gasteiger partial charge in [0.05, 0.1) is 19.2 Å². The van der Waals surface area contributed by atoms with Crippen LogP contribution in [0.15, 0.2) is 71.4 Å². The van der Waals surface area contributed by atoms with Crippen molar-refractivity contribution >= 4 is 11.6 Å². The number of carbonyl (C=O) groups is 1. The van der Waals surface area contributed by atoms with Crippen molar-refractivity contribution in [3.05, 3.63) is 84.0 Å². The lowest BCUT2D eigenvalue weighted by molar-refractivity contribution is 0.102. The lowest BCUT2D eigenvalue weighted by atomic mass is 10.1. The Morgan fingerprint density at radius 3 is 2.66 bits per heavy atom. The molecule has 29 heavy (non-hydrogen) atoms. The van der Waals surface area contributed by atoms with Gasteiger partial charge in [0.25, 0.3) is 5.91 Å². The SMILES string of the molecule is COc1ccccc1C(=O)Nc1ccc(-c2nc(Cn3cccn3)c(C)o2)cc1. The highest BCUT2D eigenvalue weighted by molar-refractivity contribution is 6.06. The number of nitrogens with one attached hydrogen (secondary N) is 1. The number of aryl methyl sites for hydroxylation is 1. The highest BCUT2D eigenvalue weighted by Crippen LogP contribution is 2.25. The Labute approximate surface area is 168 Å². The van der Waals surface area contributed by atoms with Gasteiger partial charge in [0, 0.05) is 23.6 Å². The van der Waals surface area contributed by atoms with E-state index in [0.717, 1.165) is 17.0 Å². The van der Waals surface area contributed by atoms with Crippen molar-refractivity contribution in [3.8, 4) is 17.2 Å². The number of oxazole rings is 1. The molecule has 1 amide bonds. The van der Waals surface area contributed by atoms with Crippen LogP contribution in [0.1, 0.15) is 21.8 Å². The number of methoxy groups -OCH3 is 1. The van der Waals surface area contributed by atoms with Gasteiger partial charge in [0.2, 0.25) is 5.89 Å². The summed E-state index contributed by atoms with van der Waals surface area (Å²) < 4.78 is 12.9. The van der Waals surface area contributed by atoms with Gasteiger partial charge in [0.15, 0.2) is 0 Å². The molecule has 0 fully saturated rings. The van der Waals surface area contributed by atoms with Gasteiger partial charge < -0.3 is 14.5 Å². The molecule has 0 aliphatic rings. The van der Waals surface area contributed by atoms with Crippen molar-refractivity contribution in [2.24, 2.45) is 0 Å². The Kier molecular flexibility index (Phi) is 5.11. The Morgan fingerprint density at radius 2 is 1.93 bits per heavy atom. The zero-order valence-corrected chi connectivity index (χ0v) is 16.1. The maximum Gasteiger partial charge on any atom is 0.259 e. The summed E-state index contributed by atoms with van der Waals surface area (Å²) >= 11 is 0. The third-order valence-corrected chi connectivity index (χ3v) is 4.50. The number of hydrogen-bond acceptors (Lipinski definition) is 5. The molecule has 4 aromatic rings. The number of para-hydroxylation sites is 1. The fourth-order valence-electron chi connectivity index (χ4n) is 2.97. The molecular formula is C22H20N4O3. The number of rotatable bonds is 6. The van der Waals surface area contributed by atoms with Gasteiger partial charge in [0.1, 0.15) is 17.2 Å². The molecular weight excluding hydrogens is 368 g/mol. The monoisotopic (exact) mass is 388 g/mol. The average Bonchev–Trinajstić information content (AvgIpc) is 3.39. The van der Waals surface area contributed by atoms with Crippen molar-refractivity contribution < 1.29 is 13.9 Å². The van der Waals surface area contributed by atoms with Crippen LogP contribution in [-0.2, 0) is 6.54 Å². The molecule has 0 aliphatic carbocycles. The van der Waals surface area contributed by atoms with Gasteiger partial charge in [-0.25, -0.2) is 4.98 Å². The molecule has 0 bridgehead atoms. The van der Waals surface area contributed by atoms with Crippen molar-refractivity contribution in [2.75, 3.05) is 12.4 Å². The van der Waals surface area contributed by atoms with Gasteiger partial charge >= 0.3 is 0 Å². The second-order valence-electron chi connectivity index (χ2n) is 6.46. The summed E-state index contributed by atoms with van der Waals surface area (Å²) in [6.45, 7) is 2.44. The number of anilines is 1. The summed E-state index contributed by atoms with van der Waals surface area (Å²) in [6, 6.07) is 16.3. The second-order valence-corrected chi connectivity index (χ2v) is 6.46. The summed E-state index contributed by atoms with van der Waals surface area (Å²) in [4.78, 5) is 17.1. The van der Waals surface area contributed by atoms with Gasteiger partial charge in [-0.15, -0.1) is 0 Å². The molecule has 7 heteroatoms. The molecule has 7 nitrogen and oxygen atoms in total. The summed E-state index contributed by atoms with van der Waals surface area (Å²) in [5.74, 6) is 1.58. The van der Waals surface area contributed by atoms with Crippen LogP contribution in [0.3, 0.4) is 0 Å². The van der Waals surface area contributed by atoms with Crippen LogP contribution >= 0.6 is 0 Å². The zero-order valence-electron chi connectivity index (χ0n) is 16.1. The first-order valence-electron chi connectivity index (χ1n) is 9.12. The van der Waals surface area contributed by atoms with Crippen molar-refractivity contribution in [3.63, 3.8) is 0 Å². The molecule has 4 rings (SSSR count). The van der Waals surface area contributed by atoms with Crippen LogP contribution in [0.2, 0.25) is 0 Å². The predicted octanol–water partition coefficient (Wildman–Crippen LogP) is 4.16. The fraction of sp³-hybridized carbons (Fsp3) is 0.136. The minimum absolute atomic E-state index is 0.233. The number of aromatic nitrogens is 3. The van der Waals surface area contributed by atoms with E-state index in [1.807, 2.05) is 49.5 Å². The molecule has 2 heterocycles. The van der Waals surface area contributed by atoms with Crippen molar-refractivity contribution in [1.82, 2.24) is 14.8 Å². The number of benzene rings is 2.